The fraction of sp³-hybridized carbons (Fsp3) is 0.750. The number of hydrogen-bond acceptors (Lipinski definition) is 1. The molecule has 0 aliphatic rings. The van der Waals surface area contributed by atoms with Crippen LogP contribution in [0.2, 0.25) is 0 Å². The largest absolute Gasteiger partial charge is 0.348 e. The predicted molar refractivity (Wildman–Crippen MR) is 61.1 cm³/mol. The highest BCUT2D eigenvalue weighted by Gasteiger charge is 2.18. The molecule has 0 aliphatic carbocycles. The van der Waals surface area contributed by atoms with Gasteiger partial charge in [0.1, 0.15) is 0 Å². The minimum absolute atomic E-state index is 0.0838. The van der Waals surface area contributed by atoms with E-state index >= 15 is 0 Å². The van der Waals surface area contributed by atoms with E-state index in [1.807, 2.05) is 0 Å². The Hall–Kier alpha value is -0.790. The summed E-state index contributed by atoms with van der Waals surface area (Å²) in [5, 5.41) is 2.92. The molecule has 0 unspecified atom stereocenters. The zero-order valence-corrected chi connectivity index (χ0v) is 9.89. The van der Waals surface area contributed by atoms with E-state index in [2.05, 4.69) is 39.6 Å². The highest BCUT2D eigenvalue weighted by molar-refractivity contribution is 5.87. The zero-order valence-electron chi connectivity index (χ0n) is 9.89. The Kier molecular flexibility index (Phi) is 5.51. The number of carbonyl (C=O) groups excluding carboxylic acids is 1. The second-order valence-electron chi connectivity index (χ2n) is 4.86. The lowest BCUT2D eigenvalue weighted by Gasteiger charge is -2.25. The Morgan fingerprint density at radius 3 is 2.50 bits per heavy atom. The van der Waals surface area contributed by atoms with Gasteiger partial charge in [0, 0.05) is 5.54 Å². The molecule has 1 N–H and O–H groups in total. The molecular weight excluding hydrogens is 174 g/mol. The van der Waals surface area contributed by atoms with Gasteiger partial charge in [0.25, 0.3) is 0 Å². The SMILES string of the molecule is C=CC(=O)NC(C)(C)CCCC(C)C. The first kappa shape index (κ1) is 13.2. The van der Waals surface area contributed by atoms with E-state index in [1.165, 1.54) is 12.5 Å². The third-order valence-electron chi connectivity index (χ3n) is 2.23. The number of amides is 1. The fourth-order valence-electron chi connectivity index (χ4n) is 1.40. The van der Waals surface area contributed by atoms with Gasteiger partial charge in [0.05, 0.1) is 0 Å². The topological polar surface area (TPSA) is 29.1 Å². The van der Waals surface area contributed by atoms with Crippen molar-refractivity contribution in [1.29, 1.82) is 0 Å². The van der Waals surface area contributed by atoms with E-state index in [9.17, 15) is 4.79 Å². The maximum atomic E-state index is 11.1. The molecule has 1 amide bonds. The van der Waals surface area contributed by atoms with Gasteiger partial charge in [-0.05, 0) is 32.3 Å². The first-order chi connectivity index (χ1) is 6.37. The van der Waals surface area contributed by atoms with Crippen LogP contribution in [-0.4, -0.2) is 11.4 Å². The van der Waals surface area contributed by atoms with Crippen molar-refractivity contribution >= 4 is 5.91 Å². The monoisotopic (exact) mass is 197 g/mol. The summed E-state index contributed by atoms with van der Waals surface area (Å²) in [6.45, 7) is 12.0. The number of carbonyl (C=O) groups is 1. The van der Waals surface area contributed by atoms with Gasteiger partial charge >= 0.3 is 0 Å². The van der Waals surface area contributed by atoms with Crippen LogP contribution in [0, 0.1) is 5.92 Å². The van der Waals surface area contributed by atoms with E-state index < -0.39 is 0 Å². The lowest BCUT2D eigenvalue weighted by atomic mass is 9.94. The van der Waals surface area contributed by atoms with E-state index in [4.69, 9.17) is 0 Å². The second-order valence-corrected chi connectivity index (χ2v) is 4.86. The lowest BCUT2D eigenvalue weighted by Crippen LogP contribution is -2.42. The summed E-state index contributed by atoms with van der Waals surface area (Å²) in [6.07, 6.45) is 4.71. The first-order valence-electron chi connectivity index (χ1n) is 5.32. The van der Waals surface area contributed by atoms with E-state index in [-0.39, 0.29) is 11.4 Å². The van der Waals surface area contributed by atoms with Gasteiger partial charge in [-0.15, -0.1) is 0 Å². The van der Waals surface area contributed by atoms with Crippen molar-refractivity contribution in [2.24, 2.45) is 5.92 Å². The molecule has 0 saturated heterocycles. The normalized spacial score (nSPS) is 11.5. The summed E-state index contributed by atoms with van der Waals surface area (Å²) < 4.78 is 0. The molecule has 14 heavy (non-hydrogen) atoms. The Labute approximate surface area is 87.8 Å². The summed E-state index contributed by atoms with van der Waals surface area (Å²) in [7, 11) is 0. The highest BCUT2D eigenvalue weighted by atomic mass is 16.1. The molecule has 0 atom stereocenters. The molecule has 2 heteroatoms. The van der Waals surface area contributed by atoms with Crippen molar-refractivity contribution in [2.45, 2.75) is 52.5 Å². The third kappa shape index (κ3) is 6.70. The quantitative estimate of drug-likeness (QED) is 0.652. The minimum atomic E-state index is -0.111. The summed E-state index contributed by atoms with van der Waals surface area (Å²) >= 11 is 0. The van der Waals surface area contributed by atoms with E-state index in [1.54, 1.807) is 0 Å². The third-order valence-corrected chi connectivity index (χ3v) is 2.23. The minimum Gasteiger partial charge on any atom is -0.348 e. The van der Waals surface area contributed by atoms with Gasteiger partial charge in [-0.25, -0.2) is 0 Å². The van der Waals surface area contributed by atoms with Crippen molar-refractivity contribution in [3.05, 3.63) is 12.7 Å². The lowest BCUT2D eigenvalue weighted by molar-refractivity contribution is -0.118. The Morgan fingerprint density at radius 1 is 1.50 bits per heavy atom. The molecule has 0 fully saturated rings. The molecular formula is C12H23NO. The Balaban J connectivity index is 3.82. The number of hydrogen-bond donors (Lipinski definition) is 1. The van der Waals surface area contributed by atoms with Gasteiger partial charge in [0.2, 0.25) is 5.91 Å². The van der Waals surface area contributed by atoms with Crippen LogP contribution >= 0.6 is 0 Å². The average molecular weight is 197 g/mol. The molecule has 0 heterocycles. The maximum Gasteiger partial charge on any atom is 0.243 e. The van der Waals surface area contributed by atoms with Crippen LogP contribution in [0.4, 0.5) is 0 Å². The highest BCUT2D eigenvalue weighted by Crippen LogP contribution is 2.15. The molecule has 82 valence electrons. The number of rotatable bonds is 6. The molecule has 0 bridgehead atoms. The van der Waals surface area contributed by atoms with Crippen molar-refractivity contribution in [3.63, 3.8) is 0 Å². The summed E-state index contributed by atoms with van der Waals surface area (Å²) in [6, 6.07) is 0. The molecule has 0 spiro atoms. The summed E-state index contributed by atoms with van der Waals surface area (Å²) in [5.41, 5.74) is -0.111. The van der Waals surface area contributed by atoms with Crippen molar-refractivity contribution < 1.29 is 4.79 Å². The van der Waals surface area contributed by atoms with Crippen molar-refractivity contribution in [1.82, 2.24) is 5.32 Å². The second kappa shape index (κ2) is 5.84. The van der Waals surface area contributed by atoms with Gasteiger partial charge in [-0.2, -0.15) is 0 Å². The van der Waals surface area contributed by atoms with Crippen LogP contribution in [0.25, 0.3) is 0 Å². The average Bonchev–Trinajstić information content (AvgIpc) is 2.02. The van der Waals surface area contributed by atoms with Crippen LogP contribution in [0.3, 0.4) is 0 Å². The van der Waals surface area contributed by atoms with Crippen molar-refractivity contribution in [3.8, 4) is 0 Å². The van der Waals surface area contributed by atoms with Gasteiger partial charge in [-0.1, -0.05) is 33.3 Å². The molecule has 2 nitrogen and oxygen atoms in total. The van der Waals surface area contributed by atoms with Crippen LogP contribution in [0.15, 0.2) is 12.7 Å². The molecule has 0 aliphatic heterocycles. The summed E-state index contributed by atoms with van der Waals surface area (Å²) in [5.74, 6) is 0.653. The van der Waals surface area contributed by atoms with Crippen LogP contribution in [-0.2, 0) is 4.79 Å². The van der Waals surface area contributed by atoms with Crippen LogP contribution in [0.5, 0.6) is 0 Å². The van der Waals surface area contributed by atoms with Crippen LogP contribution < -0.4 is 5.32 Å². The standard InChI is InChI=1S/C12H23NO/c1-6-11(14)13-12(4,5)9-7-8-10(2)3/h6,10H,1,7-9H2,2-5H3,(H,13,14). The van der Waals surface area contributed by atoms with Crippen LogP contribution in [0.1, 0.15) is 47.0 Å². The molecule has 0 rings (SSSR count). The van der Waals surface area contributed by atoms with Crippen molar-refractivity contribution in [2.75, 3.05) is 0 Å². The fourth-order valence-corrected chi connectivity index (χ4v) is 1.40. The predicted octanol–water partition coefficient (Wildman–Crippen LogP) is 2.89. The molecule has 0 aromatic heterocycles. The number of nitrogens with one attached hydrogen (secondary N) is 1. The Bertz CT molecular complexity index is 194. The van der Waals surface area contributed by atoms with E-state index in [0.29, 0.717) is 0 Å². The Morgan fingerprint density at radius 2 is 2.07 bits per heavy atom. The first-order valence-corrected chi connectivity index (χ1v) is 5.32. The van der Waals surface area contributed by atoms with E-state index in [0.717, 1.165) is 18.8 Å². The zero-order chi connectivity index (χ0) is 11.2. The van der Waals surface area contributed by atoms with Gasteiger partial charge in [-0.3, -0.25) is 4.79 Å². The van der Waals surface area contributed by atoms with Gasteiger partial charge < -0.3 is 5.32 Å². The molecule has 0 aromatic rings. The smallest absolute Gasteiger partial charge is 0.243 e. The maximum absolute atomic E-state index is 11.1. The van der Waals surface area contributed by atoms with Gasteiger partial charge in [0.15, 0.2) is 0 Å². The summed E-state index contributed by atoms with van der Waals surface area (Å²) in [4.78, 5) is 11.1. The molecule has 0 aromatic carbocycles. The molecule has 0 radical (unpaired) electrons. The molecule has 0 saturated carbocycles.